The fourth-order valence-corrected chi connectivity index (χ4v) is 2.77. The van der Waals surface area contributed by atoms with Gasteiger partial charge in [0.1, 0.15) is 5.75 Å². The second-order valence-corrected chi connectivity index (χ2v) is 4.38. The maximum absolute atomic E-state index is 5.56. The van der Waals surface area contributed by atoms with Crippen LogP contribution < -0.4 is 10.5 Å². The molecule has 0 amide bonds. The third-order valence-corrected chi connectivity index (χ3v) is 2.72. The summed E-state index contributed by atoms with van der Waals surface area (Å²) < 4.78 is 7.30. The molecule has 0 atom stereocenters. The van der Waals surface area contributed by atoms with E-state index in [1.54, 1.807) is 7.11 Å². The Hall–Kier alpha value is 0.190. The smallest absolute Gasteiger partial charge is 0.137 e. The Bertz CT molecular complexity index is 291. The monoisotopic (exact) mass is 341 g/mol. The molecule has 0 unspecified atom stereocenters. The summed E-state index contributed by atoms with van der Waals surface area (Å²) in [6.07, 6.45) is 0. The van der Waals surface area contributed by atoms with Gasteiger partial charge in [0.15, 0.2) is 0 Å². The highest BCUT2D eigenvalue weighted by Crippen LogP contribution is 2.30. The van der Waals surface area contributed by atoms with Crippen LogP contribution in [-0.2, 0) is 6.54 Å². The summed E-state index contributed by atoms with van der Waals surface area (Å²) in [5, 5.41) is 0. The summed E-state index contributed by atoms with van der Waals surface area (Å²) in [6, 6.07) is 4.02. The lowest BCUT2D eigenvalue weighted by molar-refractivity contribution is 0.407. The molecule has 12 heavy (non-hydrogen) atoms. The quantitative estimate of drug-likeness (QED) is 0.839. The zero-order chi connectivity index (χ0) is 9.14. The largest absolute Gasteiger partial charge is 0.495 e. The van der Waals surface area contributed by atoms with E-state index in [4.69, 9.17) is 10.5 Å². The molecule has 0 saturated carbocycles. The molecule has 2 N–H and O–H groups in total. The number of nitrogens with two attached hydrogens (primary N) is 1. The average molecular weight is 342 g/mol. The summed E-state index contributed by atoms with van der Waals surface area (Å²) in [4.78, 5) is 0. The van der Waals surface area contributed by atoms with Crippen LogP contribution in [0.1, 0.15) is 5.56 Å². The van der Waals surface area contributed by atoms with Crippen molar-refractivity contribution in [2.45, 2.75) is 6.54 Å². The summed E-state index contributed by atoms with van der Waals surface area (Å²) in [7, 11) is 1.64. The first-order valence-electron chi connectivity index (χ1n) is 3.41. The number of hydrogen-bond donors (Lipinski definition) is 1. The molecule has 66 valence electrons. The van der Waals surface area contributed by atoms with Gasteiger partial charge in [0, 0.05) is 15.7 Å². The van der Waals surface area contributed by atoms with Crippen LogP contribution in [0.25, 0.3) is 0 Å². The van der Waals surface area contributed by atoms with E-state index < -0.39 is 0 Å². The van der Waals surface area contributed by atoms with E-state index in [0.29, 0.717) is 6.54 Å². The SMILES string of the molecule is COc1c(Br)cc(I)cc1CN. The summed E-state index contributed by atoms with van der Waals surface area (Å²) in [6.45, 7) is 0.499. The molecule has 4 heteroatoms. The molecule has 0 saturated heterocycles. The van der Waals surface area contributed by atoms with Gasteiger partial charge in [-0.15, -0.1) is 0 Å². The Labute approximate surface area is 93.7 Å². The Balaban J connectivity index is 3.24. The number of halogens is 2. The minimum atomic E-state index is 0.499. The van der Waals surface area contributed by atoms with Crippen molar-refractivity contribution in [1.82, 2.24) is 0 Å². The van der Waals surface area contributed by atoms with Crippen LogP contribution in [0.3, 0.4) is 0 Å². The predicted octanol–water partition coefficient (Wildman–Crippen LogP) is 2.52. The third kappa shape index (κ3) is 2.11. The van der Waals surface area contributed by atoms with Crippen molar-refractivity contribution in [3.05, 3.63) is 25.7 Å². The third-order valence-electron chi connectivity index (χ3n) is 1.51. The van der Waals surface area contributed by atoms with Crippen molar-refractivity contribution in [2.24, 2.45) is 5.73 Å². The fourth-order valence-electron chi connectivity index (χ4n) is 0.994. The number of methoxy groups -OCH3 is 1. The van der Waals surface area contributed by atoms with E-state index in [-0.39, 0.29) is 0 Å². The van der Waals surface area contributed by atoms with Crippen LogP contribution in [-0.4, -0.2) is 7.11 Å². The fraction of sp³-hybridized carbons (Fsp3) is 0.250. The zero-order valence-corrected chi connectivity index (χ0v) is 10.3. The second kappa shape index (κ2) is 4.43. The highest BCUT2D eigenvalue weighted by atomic mass is 127. The predicted molar refractivity (Wildman–Crippen MR) is 61.3 cm³/mol. The van der Waals surface area contributed by atoms with Crippen molar-refractivity contribution >= 4 is 38.5 Å². The first kappa shape index (κ1) is 10.3. The number of ether oxygens (including phenoxy) is 1. The maximum Gasteiger partial charge on any atom is 0.137 e. The van der Waals surface area contributed by atoms with Crippen molar-refractivity contribution in [1.29, 1.82) is 0 Å². The van der Waals surface area contributed by atoms with Gasteiger partial charge < -0.3 is 10.5 Å². The molecule has 0 aliphatic heterocycles. The van der Waals surface area contributed by atoms with Gasteiger partial charge in [-0.05, 0) is 50.7 Å². The van der Waals surface area contributed by atoms with Crippen LogP contribution in [0.5, 0.6) is 5.75 Å². The molecule has 2 nitrogen and oxygen atoms in total. The molecule has 0 aliphatic carbocycles. The first-order valence-corrected chi connectivity index (χ1v) is 5.28. The second-order valence-electron chi connectivity index (χ2n) is 2.28. The van der Waals surface area contributed by atoms with E-state index in [0.717, 1.165) is 19.4 Å². The van der Waals surface area contributed by atoms with Crippen LogP contribution >= 0.6 is 38.5 Å². The Kier molecular flexibility index (Phi) is 3.79. The van der Waals surface area contributed by atoms with Gasteiger partial charge in [-0.1, -0.05) is 0 Å². The van der Waals surface area contributed by atoms with Crippen LogP contribution in [0.4, 0.5) is 0 Å². The molecular weight excluding hydrogens is 333 g/mol. The molecule has 0 aromatic heterocycles. The minimum Gasteiger partial charge on any atom is -0.495 e. The lowest BCUT2D eigenvalue weighted by Crippen LogP contribution is -2.00. The van der Waals surface area contributed by atoms with Gasteiger partial charge in [0.2, 0.25) is 0 Å². The van der Waals surface area contributed by atoms with E-state index in [1.807, 2.05) is 12.1 Å². The minimum absolute atomic E-state index is 0.499. The topological polar surface area (TPSA) is 35.2 Å². The standard InChI is InChI=1S/C8H9BrINO/c1-12-8-5(4-11)2-6(10)3-7(8)9/h2-3H,4,11H2,1H3. The van der Waals surface area contributed by atoms with Gasteiger partial charge in [-0.25, -0.2) is 0 Å². The summed E-state index contributed by atoms with van der Waals surface area (Å²) in [5.41, 5.74) is 6.58. The van der Waals surface area contributed by atoms with Gasteiger partial charge >= 0.3 is 0 Å². The normalized spacial score (nSPS) is 10.0. The molecule has 1 aromatic carbocycles. The van der Waals surface area contributed by atoms with E-state index in [1.165, 1.54) is 0 Å². The van der Waals surface area contributed by atoms with Gasteiger partial charge in [-0.3, -0.25) is 0 Å². The van der Waals surface area contributed by atoms with Crippen molar-refractivity contribution in [3.63, 3.8) is 0 Å². The first-order chi connectivity index (χ1) is 5.69. The zero-order valence-electron chi connectivity index (χ0n) is 6.60. The van der Waals surface area contributed by atoms with E-state index in [2.05, 4.69) is 38.5 Å². The van der Waals surface area contributed by atoms with Crippen LogP contribution in [0.2, 0.25) is 0 Å². The number of rotatable bonds is 2. The molecule has 0 fully saturated rings. The molecule has 0 radical (unpaired) electrons. The molecule has 1 rings (SSSR count). The van der Waals surface area contributed by atoms with E-state index in [9.17, 15) is 0 Å². The Morgan fingerprint density at radius 1 is 1.58 bits per heavy atom. The van der Waals surface area contributed by atoms with Gasteiger partial charge in [0.25, 0.3) is 0 Å². The van der Waals surface area contributed by atoms with Gasteiger partial charge in [0.05, 0.1) is 11.6 Å². The summed E-state index contributed by atoms with van der Waals surface area (Å²) >= 11 is 5.66. The molecule has 0 aliphatic rings. The number of benzene rings is 1. The molecule has 0 heterocycles. The molecule has 1 aromatic rings. The van der Waals surface area contributed by atoms with Crippen LogP contribution in [0.15, 0.2) is 16.6 Å². The van der Waals surface area contributed by atoms with Crippen LogP contribution in [0, 0.1) is 3.57 Å². The lowest BCUT2D eigenvalue weighted by atomic mass is 10.2. The molecule has 0 spiro atoms. The van der Waals surface area contributed by atoms with Crippen molar-refractivity contribution in [3.8, 4) is 5.75 Å². The lowest BCUT2D eigenvalue weighted by Gasteiger charge is -2.08. The molecule has 0 bridgehead atoms. The highest BCUT2D eigenvalue weighted by Gasteiger charge is 2.06. The summed E-state index contributed by atoms with van der Waals surface area (Å²) in [5.74, 6) is 0.831. The highest BCUT2D eigenvalue weighted by molar-refractivity contribution is 14.1. The van der Waals surface area contributed by atoms with Gasteiger partial charge in [-0.2, -0.15) is 0 Å². The molecular formula is C8H9BrINO. The maximum atomic E-state index is 5.56. The Morgan fingerprint density at radius 3 is 2.75 bits per heavy atom. The van der Waals surface area contributed by atoms with Crippen molar-refractivity contribution < 1.29 is 4.74 Å². The Morgan fingerprint density at radius 2 is 2.25 bits per heavy atom. The average Bonchev–Trinajstić information content (AvgIpc) is 2.03. The van der Waals surface area contributed by atoms with Crippen molar-refractivity contribution in [2.75, 3.05) is 7.11 Å². The van der Waals surface area contributed by atoms with E-state index >= 15 is 0 Å². The number of hydrogen-bond acceptors (Lipinski definition) is 2.